The number of halogens is 1. The fraction of sp³-hybridized carbons (Fsp3) is 0.438. The summed E-state index contributed by atoms with van der Waals surface area (Å²) >= 11 is 3.59. The zero-order chi connectivity index (χ0) is 15.0. The number of pyridine rings is 1. The van der Waals surface area contributed by atoms with Crippen LogP contribution < -0.4 is 10.3 Å². The highest BCUT2D eigenvalue weighted by Crippen LogP contribution is 2.26. The van der Waals surface area contributed by atoms with E-state index in [0.717, 1.165) is 19.3 Å². The molecule has 3 nitrogen and oxygen atoms in total. The van der Waals surface area contributed by atoms with Crippen LogP contribution in [0.3, 0.4) is 0 Å². The number of ether oxygens (including phenoxy) is 1. The van der Waals surface area contributed by atoms with Crippen LogP contribution >= 0.6 is 15.9 Å². The molecule has 110 valence electrons. The molecule has 0 atom stereocenters. The SMILES string of the molecule is CC.COc1cccn(CCC2=C(Br)CCC=C2)c1=O. The molecule has 0 bridgehead atoms. The van der Waals surface area contributed by atoms with Gasteiger partial charge in [0.25, 0.3) is 5.56 Å². The van der Waals surface area contributed by atoms with Crippen LogP contribution in [0, 0.1) is 0 Å². The lowest BCUT2D eigenvalue weighted by Crippen LogP contribution is -2.20. The highest BCUT2D eigenvalue weighted by molar-refractivity contribution is 9.11. The van der Waals surface area contributed by atoms with Crippen molar-refractivity contribution in [3.8, 4) is 5.75 Å². The van der Waals surface area contributed by atoms with Gasteiger partial charge in [0, 0.05) is 12.7 Å². The third-order valence-electron chi connectivity index (χ3n) is 3.03. The Labute approximate surface area is 129 Å². The third kappa shape index (κ3) is 4.37. The molecule has 0 unspecified atom stereocenters. The van der Waals surface area contributed by atoms with Crippen LogP contribution in [0.4, 0.5) is 0 Å². The maximum atomic E-state index is 11.9. The summed E-state index contributed by atoms with van der Waals surface area (Å²) in [6.07, 6.45) is 9.10. The number of hydrogen-bond acceptors (Lipinski definition) is 2. The minimum atomic E-state index is -0.0727. The zero-order valence-electron chi connectivity index (χ0n) is 12.4. The second-order valence-corrected chi connectivity index (χ2v) is 5.15. The van der Waals surface area contributed by atoms with Crippen molar-refractivity contribution in [1.29, 1.82) is 0 Å². The monoisotopic (exact) mass is 339 g/mol. The Morgan fingerprint density at radius 1 is 1.40 bits per heavy atom. The molecule has 0 saturated heterocycles. The normalized spacial score (nSPS) is 13.8. The standard InChI is InChI=1S/C14H16BrNO2.C2H6/c1-18-13-7-4-9-16(14(13)17)10-8-11-5-2-3-6-12(11)15;1-2/h2,4-5,7,9H,3,6,8,10H2,1H3;1-2H3. The number of aromatic nitrogens is 1. The lowest BCUT2D eigenvalue weighted by molar-refractivity contribution is 0.402. The molecular formula is C16H22BrNO2. The van der Waals surface area contributed by atoms with Gasteiger partial charge in [0.1, 0.15) is 0 Å². The second kappa shape index (κ2) is 8.80. The fourth-order valence-electron chi connectivity index (χ4n) is 1.99. The zero-order valence-corrected chi connectivity index (χ0v) is 13.9. The summed E-state index contributed by atoms with van der Waals surface area (Å²) in [5.74, 6) is 0.393. The highest BCUT2D eigenvalue weighted by atomic mass is 79.9. The van der Waals surface area contributed by atoms with E-state index in [1.165, 1.54) is 17.2 Å². The number of allylic oxidation sites excluding steroid dienone is 4. The summed E-state index contributed by atoms with van der Waals surface area (Å²) in [6.45, 7) is 4.67. The molecule has 0 spiro atoms. The second-order valence-electron chi connectivity index (χ2n) is 4.20. The smallest absolute Gasteiger partial charge is 0.292 e. The Kier molecular flexibility index (Phi) is 7.37. The summed E-state index contributed by atoms with van der Waals surface area (Å²) in [4.78, 5) is 11.9. The molecule has 0 aromatic carbocycles. The Balaban J connectivity index is 0.000000956. The lowest BCUT2D eigenvalue weighted by Gasteiger charge is -2.12. The Bertz CT molecular complexity index is 544. The Morgan fingerprint density at radius 2 is 2.15 bits per heavy atom. The van der Waals surface area contributed by atoms with Gasteiger partial charge in [0.05, 0.1) is 7.11 Å². The molecule has 1 aromatic heterocycles. The van der Waals surface area contributed by atoms with Gasteiger partial charge in [0.2, 0.25) is 0 Å². The van der Waals surface area contributed by atoms with E-state index in [4.69, 9.17) is 4.74 Å². The van der Waals surface area contributed by atoms with Gasteiger partial charge in [-0.25, -0.2) is 0 Å². The first-order chi connectivity index (χ1) is 9.72. The van der Waals surface area contributed by atoms with Crippen molar-refractivity contribution in [3.63, 3.8) is 0 Å². The first-order valence-electron chi connectivity index (χ1n) is 7.00. The molecule has 1 aromatic rings. The summed E-state index contributed by atoms with van der Waals surface area (Å²) in [5, 5.41) is 0. The maximum Gasteiger partial charge on any atom is 0.292 e. The molecule has 0 amide bonds. The van der Waals surface area contributed by atoms with Gasteiger partial charge in [-0.15, -0.1) is 0 Å². The molecule has 2 rings (SSSR count). The molecule has 0 aliphatic heterocycles. The molecule has 20 heavy (non-hydrogen) atoms. The van der Waals surface area contributed by atoms with Crippen LogP contribution in [0.1, 0.15) is 33.1 Å². The van der Waals surface area contributed by atoms with Gasteiger partial charge in [-0.05, 0) is 41.5 Å². The van der Waals surface area contributed by atoms with E-state index in [-0.39, 0.29) is 5.56 Å². The van der Waals surface area contributed by atoms with E-state index in [2.05, 4.69) is 28.1 Å². The molecule has 1 aliphatic carbocycles. The topological polar surface area (TPSA) is 31.2 Å². The van der Waals surface area contributed by atoms with Gasteiger partial charge in [-0.3, -0.25) is 4.79 Å². The van der Waals surface area contributed by atoms with Gasteiger partial charge in [-0.2, -0.15) is 0 Å². The van der Waals surface area contributed by atoms with Crippen molar-refractivity contribution >= 4 is 15.9 Å². The van der Waals surface area contributed by atoms with Crippen molar-refractivity contribution in [3.05, 3.63) is 50.9 Å². The van der Waals surface area contributed by atoms with E-state index < -0.39 is 0 Å². The van der Waals surface area contributed by atoms with E-state index in [9.17, 15) is 4.79 Å². The van der Waals surface area contributed by atoms with E-state index in [0.29, 0.717) is 12.3 Å². The Morgan fingerprint density at radius 3 is 2.80 bits per heavy atom. The average molecular weight is 340 g/mol. The van der Waals surface area contributed by atoms with Gasteiger partial charge in [-0.1, -0.05) is 41.9 Å². The molecule has 0 saturated carbocycles. The first-order valence-corrected chi connectivity index (χ1v) is 7.79. The van der Waals surface area contributed by atoms with Gasteiger partial charge >= 0.3 is 0 Å². The van der Waals surface area contributed by atoms with Crippen LogP contribution in [-0.2, 0) is 6.54 Å². The van der Waals surface area contributed by atoms with Crippen LogP contribution in [0.5, 0.6) is 5.75 Å². The number of aryl methyl sites for hydroxylation is 1. The summed E-state index contributed by atoms with van der Waals surface area (Å²) in [5.41, 5.74) is 1.20. The molecule has 0 N–H and O–H groups in total. The first kappa shape index (κ1) is 16.8. The molecule has 0 radical (unpaired) electrons. The fourth-order valence-corrected chi connectivity index (χ4v) is 2.55. The number of hydrogen-bond donors (Lipinski definition) is 0. The van der Waals surface area contributed by atoms with Crippen LogP contribution in [-0.4, -0.2) is 11.7 Å². The van der Waals surface area contributed by atoms with Crippen molar-refractivity contribution in [2.45, 2.75) is 39.7 Å². The predicted octanol–water partition coefficient (Wildman–Crippen LogP) is 4.27. The van der Waals surface area contributed by atoms with Crippen molar-refractivity contribution in [1.82, 2.24) is 4.57 Å². The molecule has 1 heterocycles. The molecule has 1 aliphatic rings. The lowest BCUT2D eigenvalue weighted by atomic mass is 10.0. The van der Waals surface area contributed by atoms with E-state index >= 15 is 0 Å². The maximum absolute atomic E-state index is 11.9. The minimum Gasteiger partial charge on any atom is -0.491 e. The number of rotatable bonds is 4. The van der Waals surface area contributed by atoms with Crippen LogP contribution in [0.2, 0.25) is 0 Å². The summed E-state index contributed by atoms with van der Waals surface area (Å²) in [6, 6.07) is 3.52. The van der Waals surface area contributed by atoms with E-state index in [1.807, 2.05) is 19.9 Å². The average Bonchev–Trinajstić information content (AvgIpc) is 2.50. The minimum absolute atomic E-state index is 0.0727. The molecule has 4 heteroatoms. The number of methoxy groups -OCH3 is 1. The summed E-state index contributed by atoms with van der Waals surface area (Å²) < 4.78 is 7.97. The summed E-state index contributed by atoms with van der Waals surface area (Å²) in [7, 11) is 1.52. The van der Waals surface area contributed by atoms with Gasteiger partial charge < -0.3 is 9.30 Å². The van der Waals surface area contributed by atoms with Crippen LogP contribution in [0.15, 0.2) is 45.3 Å². The largest absolute Gasteiger partial charge is 0.491 e. The Hall–Kier alpha value is -1.29. The van der Waals surface area contributed by atoms with Gasteiger partial charge in [0.15, 0.2) is 5.75 Å². The molecular weight excluding hydrogens is 318 g/mol. The van der Waals surface area contributed by atoms with E-state index in [1.54, 1.807) is 16.8 Å². The highest BCUT2D eigenvalue weighted by Gasteiger charge is 2.07. The quantitative estimate of drug-likeness (QED) is 0.820. The third-order valence-corrected chi connectivity index (χ3v) is 3.93. The molecule has 0 fully saturated rings. The van der Waals surface area contributed by atoms with Crippen molar-refractivity contribution < 1.29 is 4.74 Å². The predicted molar refractivity (Wildman–Crippen MR) is 87.5 cm³/mol. The van der Waals surface area contributed by atoms with Crippen LogP contribution in [0.25, 0.3) is 0 Å². The van der Waals surface area contributed by atoms with Crippen molar-refractivity contribution in [2.75, 3.05) is 7.11 Å². The number of nitrogens with zero attached hydrogens (tertiary/aromatic N) is 1. The van der Waals surface area contributed by atoms with Crippen molar-refractivity contribution in [2.24, 2.45) is 0 Å².